The van der Waals surface area contributed by atoms with Gasteiger partial charge >= 0.3 is 0 Å². The molecule has 6 nitrogen and oxygen atoms in total. The Kier molecular flexibility index (Phi) is 3.61. The number of halogens is 1. The van der Waals surface area contributed by atoms with Crippen molar-refractivity contribution in [1.82, 2.24) is 20.4 Å². The minimum atomic E-state index is -0.221. The fourth-order valence-corrected chi connectivity index (χ4v) is 2.53. The number of aliphatic hydroxyl groups is 1. The van der Waals surface area contributed by atoms with E-state index in [1.807, 2.05) is 0 Å². The molecule has 1 aromatic heterocycles. The third kappa shape index (κ3) is 2.00. The predicted molar refractivity (Wildman–Crippen MR) is 67.8 cm³/mol. The van der Waals surface area contributed by atoms with Crippen molar-refractivity contribution < 1.29 is 9.90 Å². The maximum absolute atomic E-state index is 12.0. The van der Waals surface area contributed by atoms with Gasteiger partial charge in [-0.25, -0.2) is 0 Å². The van der Waals surface area contributed by atoms with Crippen molar-refractivity contribution in [3.05, 3.63) is 17.0 Å². The Morgan fingerprint density at radius 2 is 2.33 bits per heavy atom. The summed E-state index contributed by atoms with van der Waals surface area (Å²) >= 11 is 0. The standard InChI is InChI=1S/C11H16N4O2.ClH/c1-6-2-9-8(3-12-6)10-11(17)13-7(5-16)4-15(10)14-9;/h6-7,12,16H,2-5H2,1H3,(H,13,17);1H. The minimum Gasteiger partial charge on any atom is -0.394 e. The smallest absolute Gasteiger partial charge is 0.270 e. The summed E-state index contributed by atoms with van der Waals surface area (Å²) in [5.41, 5.74) is 2.68. The van der Waals surface area contributed by atoms with Crippen molar-refractivity contribution in [2.45, 2.75) is 38.5 Å². The van der Waals surface area contributed by atoms with Crippen LogP contribution in [-0.2, 0) is 19.5 Å². The van der Waals surface area contributed by atoms with Gasteiger partial charge in [0.2, 0.25) is 0 Å². The number of nitrogens with zero attached hydrogens (tertiary/aromatic N) is 2. The number of hydrogen-bond acceptors (Lipinski definition) is 4. The summed E-state index contributed by atoms with van der Waals surface area (Å²) in [6.07, 6.45) is 0.854. The first-order chi connectivity index (χ1) is 8.19. The Balaban J connectivity index is 0.00000120. The van der Waals surface area contributed by atoms with E-state index < -0.39 is 0 Å². The average molecular weight is 273 g/mol. The molecule has 0 saturated heterocycles. The molecule has 3 N–H and O–H groups in total. The number of carbonyl (C=O) groups excluding carboxylic acids is 1. The van der Waals surface area contributed by atoms with E-state index in [0.29, 0.717) is 24.8 Å². The summed E-state index contributed by atoms with van der Waals surface area (Å²) < 4.78 is 1.74. The molecule has 2 atom stereocenters. The lowest BCUT2D eigenvalue weighted by Gasteiger charge is -2.24. The molecular formula is C11H17ClN4O2. The van der Waals surface area contributed by atoms with Crippen LogP contribution in [0.3, 0.4) is 0 Å². The first-order valence-corrected chi connectivity index (χ1v) is 5.92. The normalized spacial score (nSPS) is 25.8. The van der Waals surface area contributed by atoms with Gasteiger partial charge in [-0.1, -0.05) is 0 Å². The van der Waals surface area contributed by atoms with E-state index in [9.17, 15) is 4.79 Å². The van der Waals surface area contributed by atoms with Crippen LogP contribution in [0, 0.1) is 0 Å². The molecule has 0 spiro atoms. The zero-order valence-corrected chi connectivity index (χ0v) is 11.0. The summed E-state index contributed by atoms with van der Waals surface area (Å²) in [5, 5.41) is 19.7. The molecule has 0 saturated carbocycles. The van der Waals surface area contributed by atoms with Crippen LogP contribution in [0.25, 0.3) is 0 Å². The van der Waals surface area contributed by atoms with Gasteiger partial charge in [-0.05, 0) is 6.92 Å². The summed E-state index contributed by atoms with van der Waals surface area (Å²) in [4.78, 5) is 12.0. The lowest BCUT2D eigenvalue weighted by Crippen LogP contribution is -2.47. The molecule has 2 unspecified atom stereocenters. The van der Waals surface area contributed by atoms with Crippen molar-refractivity contribution in [3.63, 3.8) is 0 Å². The molecule has 0 radical (unpaired) electrons. The maximum Gasteiger partial charge on any atom is 0.270 e. The van der Waals surface area contributed by atoms with Crippen LogP contribution < -0.4 is 10.6 Å². The Morgan fingerprint density at radius 3 is 3.06 bits per heavy atom. The van der Waals surface area contributed by atoms with Gasteiger partial charge in [0.1, 0.15) is 5.69 Å². The monoisotopic (exact) mass is 272 g/mol. The van der Waals surface area contributed by atoms with Crippen LogP contribution >= 0.6 is 12.4 Å². The second-order valence-electron chi connectivity index (χ2n) is 4.79. The van der Waals surface area contributed by atoms with Gasteiger partial charge in [0.05, 0.1) is 24.9 Å². The van der Waals surface area contributed by atoms with Gasteiger partial charge in [-0.3, -0.25) is 9.48 Å². The summed E-state index contributed by atoms with van der Waals surface area (Å²) in [7, 11) is 0. The highest BCUT2D eigenvalue weighted by molar-refractivity contribution is 5.95. The lowest BCUT2D eigenvalue weighted by molar-refractivity contribution is 0.0861. The molecule has 0 aromatic carbocycles. The van der Waals surface area contributed by atoms with Gasteiger partial charge in [-0.15, -0.1) is 12.4 Å². The van der Waals surface area contributed by atoms with Gasteiger partial charge in [0.15, 0.2) is 0 Å². The second kappa shape index (κ2) is 4.87. The van der Waals surface area contributed by atoms with Crippen molar-refractivity contribution in [2.24, 2.45) is 0 Å². The van der Waals surface area contributed by atoms with Crippen molar-refractivity contribution >= 4 is 18.3 Å². The van der Waals surface area contributed by atoms with Gasteiger partial charge in [0.25, 0.3) is 5.91 Å². The fraction of sp³-hybridized carbons (Fsp3) is 0.636. The number of amides is 1. The summed E-state index contributed by atoms with van der Waals surface area (Å²) in [6, 6.07) is 0.179. The van der Waals surface area contributed by atoms with Crippen LogP contribution in [0.4, 0.5) is 0 Å². The number of rotatable bonds is 1. The molecule has 0 bridgehead atoms. The van der Waals surface area contributed by atoms with Crippen molar-refractivity contribution in [2.75, 3.05) is 6.61 Å². The zero-order valence-electron chi connectivity index (χ0n) is 10.1. The highest BCUT2D eigenvalue weighted by Gasteiger charge is 2.32. The molecule has 1 aromatic rings. The van der Waals surface area contributed by atoms with Gasteiger partial charge in [-0.2, -0.15) is 5.10 Å². The van der Waals surface area contributed by atoms with E-state index in [0.717, 1.165) is 17.7 Å². The molecule has 2 aliphatic rings. The molecule has 0 fully saturated rings. The molecule has 0 aliphatic carbocycles. The van der Waals surface area contributed by atoms with E-state index in [4.69, 9.17) is 5.11 Å². The summed E-state index contributed by atoms with van der Waals surface area (Å²) in [6.45, 7) is 3.31. The number of nitrogens with one attached hydrogen (secondary N) is 2. The quantitative estimate of drug-likeness (QED) is 0.641. The molecule has 18 heavy (non-hydrogen) atoms. The van der Waals surface area contributed by atoms with Crippen LogP contribution in [0.15, 0.2) is 0 Å². The largest absolute Gasteiger partial charge is 0.394 e. The van der Waals surface area contributed by atoms with E-state index in [1.54, 1.807) is 4.68 Å². The fourth-order valence-electron chi connectivity index (χ4n) is 2.53. The number of aliphatic hydroxyl groups excluding tert-OH is 1. The van der Waals surface area contributed by atoms with Gasteiger partial charge < -0.3 is 15.7 Å². The minimum absolute atomic E-state index is 0. The second-order valence-corrected chi connectivity index (χ2v) is 4.79. The molecule has 3 rings (SSSR count). The Labute approximate surface area is 111 Å². The van der Waals surface area contributed by atoms with Crippen LogP contribution in [0.5, 0.6) is 0 Å². The van der Waals surface area contributed by atoms with E-state index >= 15 is 0 Å². The number of hydrogen-bond donors (Lipinski definition) is 3. The van der Waals surface area contributed by atoms with Crippen molar-refractivity contribution in [3.8, 4) is 0 Å². The van der Waals surface area contributed by atoms with E-state index in [-0.39, 0.29) is 31.0 Å². The predicted octanol–water partition coefficient (Wildman–Crippen LogP) is -0.557. The average Bonchev–Trinajstić information content (AvgIpc) is 2.66. The van der Waals surface area contributed by atoms with Gasteiger partial charge in [0, 0.05) is 24.6 Å². The zero-order chi connectivity index (χ0) is 12.0. The van der Waals surface area contributed by atoms with Crippen LogP contribution in [-0.4, -0.2) is 39.5 Å². The van der Waals surface area contributed by atoms with Crippen LogP contribution in [0.2, 0.25) is 0 Å². The number of fused-ring (bicyclic) bond motifs is 3. The molecular weight excluding hydrogens is 256 g/mol. The first-order valence-electron chi connectivity index (χ1n) is 5.92. The number of aromatic nitrogens is 2. The van der Waals surface area contributed by atoms with E-state index in [1.165, 1.54) is 0 Å². The SMILES string of the molecule is CC1Cc2nn3c(c2CN1)C(=O)NC(CO)C3.Cl. The topological polar surface area (TPSA) is 79.2 Å². The third-order valence-corrected chi connectivity index (χ3v) is 3.42. The first kappa shape index (κ1) is 13.3. The highest BCUT2D eigenvalue weighted by atomic mass is 35.5. The van der Waals surface area contributed by atoms with Crippen molar-refractivity contribution in [1.29, 1.82) is 0 Å². The Bertz CT molecular complexity index is 474. The molecule has 1 amide bonds. The maximum atomic E-state index is 12.0. The summed E-state index contributed by atoms with van der Waals surface area (Å²) in [5.74, 6) is -0.125. The lowest BCUT2D eigenvalue weighted by atomic mass is 10.0. The number of carbonyl (C=O) groups is 1. The molecule has 7 heteroatoms. The van der Waals surface area contributed by atoms with Crippen LogP contribution in [0.1, 0.15) is 28.7 Å². The highest BCUT2D eigenvalue weighted by Crippen LogP contribution is 2.22. The molecule has 100 valence electrons. The van der Waals surface area contributed by atoms with E-state index in [2.05, 4.69) is 22.7 Å². The molecule has 2 aliphatic heterocycles. The Hall–Kier alpha value is -1.11. The Morgan fingerprint density at radius 1 is 1.56 bits per heavy atom. The molecule has 3 heterocycles. The third-order valence-electron chi connectivity index (χ3n) is 3.42.